The van der Waals surface area contributed by atoms with Gasteiger partial charge in [-0.15, -0.1) is 0 Å². The molecule has 1 rings (SSSR count). The fourth-order valence-corrected chi connectivity index (χ4v) is 1.36. The van der Waals surface area contributed by atoms with Crippen molar-refractivity contribution in [3.05, 3.63) is 22.1 Å². The Morgan fingerprint density at radius 1 is 1.85 bits per heavy atom. The number of ether oxygens (including phenoxy) is 1. The summed E-state index contributed by atoms with van der Waals surface area (Å²) in [6.07, 6.45) is 1.35. The third-order valence-electron chi connectivity index (χ3n) is 1.48. The summed E-state index contributed by atoms with van der Waals surface area (Å²) in [5, 5.41) is 6.24. The van der Waals surface area contributed by atoms with Gasteiger partial charge in [-0.1, -0.05) is 0 Å². The van der Waals surface area contributed by atoms with E-state index in [0.717, 1.165) is 0 Å². The van der Waals surface area contributed by atoms with Crippen molar-refractivity contribution in [2.45, 2.75) is 6.92 Å². The Kier molecular flexibility index (Phi) is 3.23. The monoisotopic (exact) mass is 196 g/mol. The third-order valence-corrected chi connectivity index (χ3v) is 2.22. The molecule has 1 aromatic heterocycles. The van der Waals surface area contributed by atoms with E-state index in [4.69, 9.17) is 0 Å². The molecular weight excluding hydrogens is 187 g/mol. The Balaban J connectivity index is 3.02. The molecule has 1 aromatic rings. The van der Waals surface area contributed by atoms with Crippen molar-refractivity contribution >= 4 is 26.4 Å². The van der Waals surface area contributed by atoms with E-state index in [1.807, 2.05) is 0 Å². The zero-order valence-corrected chi connectivity index (χ0v) is 8.40. The van der Waals surface area contributed by atoms with Crippen LogP contribution in [-0.2, 0) is 4.74 Å². The molecule has 0 atom stereocenters. The first kappa shape index (κ1) is 9.97. The van der Waals surface area contributed by atoms with E-state index in [0.29, 0.717) is 0 Å². The summed E-state index contributed by atoms with van der Waals surface area (Å²) in [4.78, 5) is 22.5. The number of esters is 1. The molecule has 0 aliphatic heterocycles. The van der Waals surface area contributed by atoms with Gasteiger partial charge in [0.25, 0.3) is 0 Å². The molecule has 1 N–H and O–H groups in total. The van der Waals surface area contributed by atoms with Crippen LogP contribution >= 0.6 is 0 Å². The number of H-pyrrole nitrogens is 1. The second-order valence-corrected chi connectivity index (χ2v) is 3.15. The summed E-state index contributed by atoms with van der Waals surface area (Å²) in [6.45, 7) is 1.95. The van der Waals surface area contributed by atoms with Crippen LogP contribution in [0.15, 0.2) is 11.0 Å². The van der Waals surface area contributed by atoms with E-state index in [9.17, 15) is 9.59 Å². The molecule has 0 bridgehead atoms. The predicted molar refractivity (Wildman–Crippen MR) is 49.3 cm³/mol. The number of nitrogens with one attached hydrogen (secondary N) is 1. The Bertz CT molecular complexity index is 379. The number of carbonyl (C=O) groups excluding carboxylic acids is 1. The van der Waals surface area contributed by atoms with Gasteiger partial charge in [0.1, 0.15) is 0 Å². The molecule has 0 spiro atoms. The molecule has 0 radical (unpaired) electrons. The third kappa shape index (κ3) is 1.97. The number of aromatic nitrogens is 2. The Morgan fingerprint density at radius 3 is 3.00 bits per heavy atom. The second-order valence-electron chi connectivity index (χ2n) is 2.27. The van der Waals surface area contributed by atoms with Crippen molar-refractivity contribution in [3.63, 3.8) is 0 Å². The van der Waals surface area contributed by atoms with Gasteiger partial charge in [-0.25, -0.2) is 0 Å². The molecule has 1 heterocycles. The first-order chi connectivity index (χ1) is 6.20. The van der Waals surface area contributed by atoms with E-state index >= 15 is 0 Å². The Morgan fingerprint density at radius 2 is 2.54 bits per heavy atom. The van der Waals surface area contributed by atoms with Crippen LogP contribution in [0.3, 0.4) is 0 Å². The van der Waals surface area contributed by atoms with Gasteiger partial charge in [-0.3, -0.25) is 0 Å². The van der Waals surface area contributed by atoms with Crippen LogP contribution in [0.1, 0.15) is 17.3 Å². The first-order valence-electron chi connectivity index (χ1n) is 3.80. The fraction of sp³-hybridized carbons (Fsp3) is 0.286. The van der Waals surface area contributed by atoms with Gasteiger partial charge in [-0.2, -0.15) is 0 Å². The molecule has 13 heavy (non-hydrogen) atoms. The number of aromatic amines is 1. The number of hydrogen-bond donors (Lipinski definition) is 1. The van der Waals surface area contributed by atoms with Gasteiger partial charge in [-0.05, 0) is 0 Å². The number of carbonyl (C=O) groups is 1. The minimum absolute atomic E-state index is 0.0398. The second kappa shape index (κ2) is 4.21. The maximum atomic E-state index is 11.3. The molecule has 0 unspecified atom stereocenters. The number of hydrogen-bond acceptors (Lipinski definition) is 3. The standard InChI is InChI=1S/C6H8N2O3.CH2.Al/c1-2-11-6(10)4-3-7-8-5(4)9;;/h3H,2H2,1H3,(H2,7,8,9,10);1H2;/q;;+1/p-1. The molecule has 0 saturated heterocycles. The van der Waals surface area contributed by atoms with Crippen molar-refractivity contribution in [2.75, 3.05) is 6.61 Å². The zero-order valence-electron chi connectivity index (χ0n) is 7.24. The van der Waals surface area contributed by atoms with E-state index in [1.165, 1.54) is 9.86 Å². The average Bonchev–Trinajstić information content (AvgIpc) is 2.47. The van der Waals surface area contributed by atoms with Gasteiger partial charge < -0.3 is 0 Å². The summed E-state index contributed by atoms with van der Waals surface area (Å²) < 4.78 is 5.99. The molecule has 6 heteroatoms. The molecule has 0 aromatic carbocycles. The summed E-state index contributed by atoms with van der Waals surface area (Å²) in [5.74, 6) is -0.588. The minimum atomic E-state index is -0.588. The Hall–Kier alpha value is -1.12. The molecule has 0 fully saturated rings. The van der Waals surface area contributed by atoms with Gasteiger partial charge >= 0.3 is 80.3 Å². The van der Waals surface area contributed by atoms with Crippen LogP contribution in [0.25, 0.3) is 0 Å². The van der Waals surface area contributed by atoms with Gasteiger partial charge in [0.15, 0.2) is 0 Å². The van der Waals surface area contributed by atoms with E-state index in [1.54, 1.807) is 6.92 Å². The van der Waals surface area contributed by atoms with Crippen LogP contribution in [0.4, 0.5) is 0 Å². The van der Waals surface area contributed by atoms with Crippen molar-refractivity contribution in [3.8, 4) is 0 Å². The van der Waals surface area contributed by atoms with Crippen LogP contribution in [0.2, 0.25) is 0 Å². The first-order valence-corrected chi connectivity index (χ1v) is 5.13. The van der Waals surface area contributed by atoms with Crippen molar-refractivity contribution < 1.29 is 9.53 Å². The fourth-order valence-electron chi connectivity index (χ4n) is 0.875. The molecule has 0 aliphatic rings. The maximum absolute atomic E-state index is 11.3. The summed E-state index contributed by atoms with van der Waals surface area (Å²) in [6, 6.07) is 0. The normalized spacial score (nSPS) is 9.31. The van der Waals surface area contributed by atoms with Gasteiger partial charge in [0.2, 0.25) is 0 Å². The molecule has 0 amide bonds. The van der Waals surface area contributed by atoms with Crippen LogP contribution in [-0.4, -0.2) is 41.7 Å². The van der Waals surface area contributed by atoms with Crippen molar-refractivity contribution in [1.29, 1.82) is 0 Å². The zero-order chi connectivity index (χ0) is 9.84. The molecule has 0 saturated carbocycles. The van der Waals surface area contributed by atoms with Crippen molar-refractivity contribution in [1.82, 2.24) is 8.76 Å². The van der Waals surface area contributed by atoms with Crippen LogP contribution < -0.4 is 5.56 Å². The van der Waals surface area contributed by atoms with Crippen LogP contribution in [0.5, 0.6) is 0 Å². The summed E-state index contributed by atoms with van der Waals surface area (Å²) in [5.41, 5.74) is -0.318. The quantitative estimate of drug-likeness (QED) is 0.511. The Labute approximate surface area is 80.8 Å². The van der Waals surface area contributed by atoms with E-state index in [2.05, 4.69) is 15.2 Å². The number of nitrogens with zero attached hydrogens (tertiary/aromatic N) is 1. The molecular formula is C7H9AlN2O3. The summed E-state index contributed by atoms with van der Waals surface area (Å²) >= 11 is -0.418. The number of rotatable bonds is 3. The topological polar surface area (TPSA) is 64.1 Å². The predicted octanol–water partition coefficient (Wildman–Crippen LogP) is -0.748. The van der Waals surface area contributed by atoms with Gasteiger partial charge in [0, 0.05) is 0 Å². The molecule has 0 aliphatic carbocycles. The SMILES string of the molecule is [CH2]=[Al][n]1[nH]cc(C(=O)OCC)c1=O. The van der Waals surface area contributed by atoms with Gasteiger partial charge in [0.05, 0.1) is 0 Å². The van der Waals surface area contributed by atoms with E-state index < -0.39 is 21.0 Å². The summed E-state index contributed by atoms with van der Waals surface area (Å²) in [7, 11) is 0. The van der Waals surface area contributed by atoms with Crippen LogP contribution in [0, 0.1) is 0 Å². The van der Waals surface area contributed by atoms with E-state index in [-0.39, 0.29) is 17.7 Å². The molecule has 5 nitrogen and oxygen atoms in total. The molecule has 68 valence electrons. The average molecular weight is 196 g/mol. The van der Waals surface area contributed by atoms with Crippen molar-refractivity contribution in [2.24, 2.45) is 0 Å².